The van der Waals surface area contributed by atoms with Gasteiger partial charge in [-0.3, -0.25) is 19.7 Å². The third-order valence-corrected chi connectivity index (χ3v) is 7.27. The Morgan fingerprint density at radius 2 is 1.87 bits per heavy atom. The first kappa shape index (κ1) is 29.7. The maximum Gasteiger partial charge on any atom is 0.312 e. The van der Waals surface area contributed by atoms with Crippen LogP contribution in [0, 0.1) is 10.1 Å². The summed E-state index contributed by atoms with van der Waals surface area (Å²) < 4.78 is 11.1. The van der Waals surface area contributed by atoms with Gasteiger partial charge in [-0.05, 0) is 62.3 Å². The summed E-state index contributed by atoms with van der Waals surface area (Å²) in [6.45, 7) is 4.56. The van der Waals surface area contributed by atoms with Crippen molar-refractivity contribution in [2.75, 3.05) is 32.2 Å². The zero-order valence-corrected chi connectivity index (χ0v) is 23.3. The van der Waals surface area contributed by atoms with E-state index < -0.39 is 16.4 Å². The van der Waals surface area contributed by atoms with Crippen LogP contribution in [0.5, 0.6) is 17.2 Å². The Morgan fingerprint density at radius 1 is 1.10 bits per heavy atom. The molecule has 0 saturated heterocycles. The van der Waals surface area contributed by atoms with Gasteiger partial charge in [0.15, 0.2) is 17.2 Å². The fourth-order valence-electron chi connectivity index (χ4n) is 5.34. The lowest BCUT2D eigenvalue weighted by molar-refractivity contribution is -0.385. The number of phenolic OH excluding ortho intramolecular Hbond substituents is 1. The number of carbonyl (C=O) groups is 2. The van der Waals surface area contributed by atoms with Crippen molar-refractivity contribution in [3.63, 3.8) is 0 Å². The van der Waals surface area contributed by atoms with E-state index in [0.29, 0.717) is 38.0 Å². The van der Waals surface area contributed by atoms with Crippen molar-refractivity contribution >= 4 is 23.2 Å². The minimum Gasteiger partial charge on any atom is -0.502 e. The van der Waals surface area contributed by atoms with Gasteiger partial charge in [0, 0.05) is 44.1 Å². The van der Waals surface area contributed by atoms with Crippen LogP contribution in [0.4, 0.5) is 11.4 Å². The molecule has 0 fully saturated rings. The number of hydrogen-bond donors (Lipinski definition) is 1. The van der Waals surface area contributed by atoms with Gasteiger partial charge in [0.2, 0.25) is 11.8 Å². The van der Waals surface area contributed by atoms with Gasteiger partial charge in [0.05, 0.1) is 24.8 Å². The average molecular weight is 542 g/mol. The maximum atomic E-state index is 13.3. The molecule has 10 nitrogen and oxygen atoms in total. The molecular weight excluding hydrogens is 502 g/mol. The SMILES string of the molecule is CCCN(C(=O)CCCCCN(C(C)=O)c1ccc(O)c([N+](=O)[O-])c1)[C@H]1CCc2c(ccc(OC)c2OC)C1. The number of nitrogens with zero attached hydrogens (tertiary/aromatic N) is 3. The molecule has 0 aliphatic heterocycles. The third kappa shape index (κ3) is 7.19. The molecule has 39 heavy (non-hydrogen) atoms. The van der Waals surface area contributed by atoms with Gasteiger partial charge in [0.25, 0.3) is 0 Å². The Balaban J connectivity index is 1.56. The molecule has 1 N–H and O–H groups in total. The molecule has 3 rings (SSSR count). The van der Waals surface area contributed by atoms with E-state index in [1.807, 2.05) is 11.0 Å². The number of methoxy groups -OCH3 is 2. The van der Waals surface area contributed by atoms with Crippen LogP contribution in [0.3, 0.4) is 0 Å². The Hall–Kier alpha value is -3.82. The van der Waals surface area contributed by atoms with Crippen molar-refractivity contribution in [2.24, 2.45) is 0 Å². The van der Waals surface area contributed by atoms with E-state index in [0.717, 1.165) is 49.2 Å². The van der Waals surface area contributed by atoms with E-state index in [2.05, 4.69) is 13.0 Å². The molecule has 2 aromatic rings. The molecule has 0 spiro atoms. The van der Waals surface area contributed by atoms with Gasteiger partial charge in [-0.1, -0.05) is 19.4 Å². The van der Waals surface area contributed by atoms with Gasteiger partial charge in [-0.25, -0.2) is 0 Å². The third-order valence-electron chi connectivity index (χ3n) is 7.27. The Kier molecular flexibility index (Phi) is 10.5. The van der Waals surface area contributed by atoms with Crippen LogP contribution in [0.15, 0.2) is 30.3 Å². The summed E-state index contributed by atoms with van der Waals surface area (Å²) in [6, 6.07) is 8.05. The van der Waals surface area contributed by atoms with Gasteiger partial charge in [-0.2, -0.15) is 0 Å². The number of carbonyl (C=O) groups excluding carboxylic acids is 2. The quantitative estimate of drug-likeness (QED) is 0.214. The molecule has 10 heteroatoms. The van der Waals surface area contributed by atoms with Gasteiger partial charge >= 0.3 is 5.69 Å². The van der Waals surface area contributed by atoms with Crippen molar-refractivity contribution < 1.29 is 29.1 Å². The standard InChI is InChI=1S/C29H39N3O7/c1-5-16-31(22-11-13-24-21(18-22)10-15-27(38-3)29(24)39-4)28(35)9-7-6-8-17-30(20(2)33)23-12-14-26(34)25(19-23)32(36)37/h10,12,14-15,19,22,34H,5-9,11,13,16-18H2,1-4H3/t22-/m0/s1. The van der Waals surface area contributed by atoms with E-state index in [1.54, 1.807) is 14.2 Å². The molecule has 0 bridgehead atoms. The Labute approximate surface area is 229 Å². The predicted octanol–water partition coefficient (Wildman–Crippen LogP) is 5.03. The highest BCUT2D eigenvalue weighted by Crippen LogP contribution is 2.38. The van der Waals surface area contributed by atoms with Crippen LogP contribution >= 0.6 is 0 Å². The average Bonchev–Trinajstić information content (AvgIpc) is 2.92. The number of hydrogen-bond acceptors (Lipinski definition) is 7. The van der Waals surface area contributed by atoms with E-state index >= 15 is 0 Å². The second kappa shape index (κ2) is 13.8. The number of nitro benzene ring substituents is 1. The Bertz CT molecular complexity index is 1180. The largest absolute Gasteiger partial charge is 0.502 e. The lowest BCUT2D eigenvalue weighted by atomic mass is 9.86. The summed E-state index contributed by atoms with van der Waals surface area (Å²) in [7, 11) is 3.29. The number of anilines is 1. The van der Waals surface area contributed by atoms with E-state index in [-0.39, 0.29) is 17.9 Å². The van der Waals surface area contributed by atoms with Gasteiger partial charge in [0.1, 0.15) is 0 Å². The first-order valence-corrected chi connectivity index (χ1v) is 13.5. The highest BCUT2D eigenvalue weighted by atomic mass is 16.6. The summed E-state index contributed by atoms with van der Waals surface area (Å²) in [5, 5.41) is 20.9. The zero-order chi connectivity index (χ0) is 28.5. The molecule has 0 heterocycles. The summed E-state index contributed by atoms with van der Waals surface area (Å²) in [5.41, 5.74) is 2.27. The topological polar surface area (TPSA) is 122 Å². The van der Waals surface area contributed by atoms with Crippen molar-refractivity contribution in [3.05, 3.63) is 51.6 Å². The second-order valence-corrected chi connectivity index (χ2v) is 9.83. The summed E-state index contributed by atoms with van der Waals surface area (Å²) in [6.07, 6.45) is 5.86. The monoisotopic (exact) mass is 541 g/mol. The number of rotatable bonds is 13. The summed E-state index contributed by atoms with van der Waals surface area (Å²) in [4.78, 5) is 39.4. The van der Waals surface area contributed by atoms with Crippen LogP contribution in [-0.2, 0) is 22.4 Å². The molecule has 0 unspecified atom stereocenters. The minimum atomic E-state index is -0.678. The molecule has 2 amide bonds. The van der Waals surface area contributed by atoms with E-state index in [4.69, 9.17) is 9.47 Å². The van der Waals surface area contributed by atoms with Crippen molar-refractivity contribution in [1.29, 1.82) is 0 Å². The Morgan fingerprint density at radius 3 is 2.51 bits per heavy atom. The van der Waals surface area contributed by atoms with Gasteiger partial charge in [-0.15, -0.1) is 0 Å². The maximum absolute atomic E-state index is 13.3. The molecule has 2 aromatic carbocycles. The van der Waals surface area contributed by atoms with Crippen LogP contribution in [-0.4, -0.2) is 60.1 Å². The zero-order valence-electron chi connectivity index (χ0n) is 23.3. The minimum absolute atomic E-state index is 0.140. The molecule has 1 atom stereocenters. The molecule has 212 valence electrons. The van der Waals surface area contributed by atoms with Crippen molar-refractivity contribution in [3.8, 4) is 17.2 Å². The number of nitro groups is 1. The number of unbranched alkanes of at least 4 members (excludes halogenated alkanes) is 2. The number of fused-ring (bicyclic) bond motifs is 1. The van der Waals surface area contributed by atoms with Crippen LogP contribution in [0.25, 0.3) is 0 Å². The first-order chi connectivity index (χ1) is 18.7. The normalized spacial score (nSPS) is 14.3. The van der Waals surface area contributed by atoms with Gasteiger partial charge < -0.3 is 24.4 Å². The fraction of sp³-hybridized carbons (Fsp3) is 0.517. The van der Waals surface area contributed by atoms with Crippen LogP contribution in [0.1, 0.15) is 63.5 Å². The molecule has 0 saturated carbocycles. The summed E-state index contributed by atoms with van der Waals surface area (Å²) in [5.74, 6) is 0.963. The second-order valence-electron chi connectivity index (χ2n) is 9.83. The number of benzene rings is 2. The molecule has 1 aliphatic rings. The molecule has 0 radical (unpaired) electrons. The molecule has 1 aliphatic carbocycles. The number of phenols is 1. The highest BCUT2D eigenvalue weighted by molar-refractivity contribution is 5.92. The molecule has 0 aromatic heterocycles. The van der Waals surface area contributed by atoms with E-state index in [9.17, 15) is 24.8 Å². The van der Waals surface area contributed by atoms with Crippen LogP contribution in [0.2, 0.25) is 0 Å². The number of amides is 2. The van der Waals surface area contributed by atoms with E-state index in [1.165, 1.54) is 35.6 Å². The lowest BCUT2D eigenvalue weighted by Gasteiger charge is -2.36. The molecular formula is C29H39N3O7. The smallest absolute Gasteiger partial charge is 0.312 e. The lowest BCUT2D eigenvalue weighted by Crippen LogP contribution is -2.43. The first-order valence-electron chi connectivity index (χ1n) is 13.5. The number of aromatic hydroxyl groups is 1. The van der Waals surface area contributed by atoms with Crippen LogP contribution < -0.4 is 14.4 Å². The van der Waals surface area contributed by atoms with Crippen molar-refractivity contribution in [2.45, 2.75) is 71.3 Å². The predicted molar refractivity (Wildman–Crippen MR) is 149 cm³/mol. The fourth-order valence-corrected chi connectivity index (χ4v) is 5.34. The number of ether oxygens (including phenoxy) is 2. The highest BCUT2D eigenvalue weighted by Gasteiger charge is 2.29. The van der Waals surface area contributed by atoms with Crippen molar-refractivity contribution in [1.82, 2.24) is 4.90 Å². The summed E-state index contributed by atoms with van der Waals surface area (Å²) >= 11 is 0.